The second kappa shape index (κ2) is 40.8. The van der Waals surface area contributed by atoms with Crippen molar-refractivity contribution in [3.05, 3.63) is 300 Å². The van der Waals surface area contributed by atoms with Crippen LogP contribution in [0.15, 0.2) is 255 Å². The van der Waals surface area contributed by atoms with Crippen LogP contribution in [-0.4, -0.2) is 177 Å². The Labute approximate surface area is 640 Å². The lowest BCUT2D eigenvalue weighted by Gasteiger charge is -2.48. The molecule has 0 spiro atoms. The number of unbranched alkanes of at least 4 members (excludes halogenated alkanes) is 6. The van der Waals surface area contributed by atoms with Crippen molar-refractivity contribution < 1.29 is 119 Å². The van der Waals surface area contributed by atoms with Gasteiger partial charge in [0, 0.05) is 13.5 Å². The third-order valence-corrected chi connectivity index (χ3v) is 18.2. The van der Waals surface area contributed by atoms with E-state index < -0.39 is 166 Å². The molecule has 0 saturated carbocycles. The molecule has 0 aliphatic carbocycles. The molecule has 0 radical (unpaired) electrons. The van der Waals surface area contributed by atoms with Gasteiger partial charge in [-0.05, 0) is 116 Å². The zero-order valence-electron chi connectivity index (χ0n) is 60.6. The minimum Gasteiger partial charge on any atom is -0.459 e. The first-order chi connectivity index (χ1) is 54.1. The van der Waals surface area contributed by atoms with Crippen LogP contribution >= 0.6 is 0 Å². The predicted octanol–water partition coefficient (Wildman–Crippen LogP) is 11.9. The third-order valence-electron chi connectivity index (χ3n) is 18.2. The predicted molar refractivity (Wildman–Crippen MR) is 394 cm³/mol. The van der Waals surface area contributed by atoms with Crippen molar-refractivity contribution in [3.8, 4) is 0 Å². The van der Waals surface area contributed by atoms with Gasteiger partial charge in [-0.25, -0.2) is 38.4 Å². The highest BCUT2D eigenvalue weighted by atomic mass is 16.8. The van der Waals surface area contributed by atoms with E-state index in [2.05, 4.69) is 6.58 Å². The third kappa shape index (κ3) is 22.3. The SMILES string of the molecule is C=CCCCCCCCCOC1OC(COC2OC(COC(=O)c3ccccc3)C(OC(=O)c3ccccc3)C(OC(=O)c3ccccc3)C2OC(=O)c2ccccc2)C(O)C(OC2OC(COC(=O)c3ccccc3)C(OC(=O)c3ccccc3)C(OC(=O)c3ccccc3)C2OC(=O)c2ccccc2)C1OC(C)=O. The van der Waals surface area contributed by atoms with Crippen LogP contribution in [0.25, 0.3) is 0 Å². The molecule has 3 heterocycles. The van der Waals surface area contributed by atoms with Crippen molar-refractivity contribution >= 4 is 53.7 Å². The Morgan fingerprint density at radius 3 is 0.946 bits per heavy atom. The summed E-state index contributed by atoms with van der Waals surface area (Å²) in [5.74, 6) is -8.79. The quantitative estimate of drug-likeness (QED) is 0.0169. The molecule has 25 heteroatoms. The molecule has 3 aliphatic rings. The molecule has 8 aromatic carbocycles. The Morgan fingerprint density at radius 2 is 0.595 bits per heavy atom. The summed E-state index contributed by atoms with van der Waals surface area (Å²) in [6.45, 7) is 2.42. The summed E-state index contributed by atoms with van der Waals surface area (Å²) in [5, 5.41) is 13.3. The number of benzene rings is 8. The Kier molecular flexibility index (Phi) is 29.5. The summed E-state index contributed by atoms with van der Waals surface area (Å²) >= 11 is 0. The van der Waals surface area contributed by atoms with E-state index in [9.17, 15) is 48.3 Å². The molecule has 3 saturated heterocycles. The highest BCUT2D eigenvalue weighted by Crippen LogP contribution is 2.38. The second-order valence-corrected chi connectivity index (χ2v) is 26.0. The Bertz CT molecular complexity index is 4330. The number of aliphatic hydroxyl groups excluding tert-OH is 1. The zero-order chi connectivity index (χ0) is 77.9. The fourth-order valence-corrected chi connectivity index (χ4v) is 12.6. The van der Waals surface area contributed by atoms with Crippen molar-refractivity contribution in [1.29, 1.82) is 0 Å². The van der Waals surface area contributed by atoms with Gasteiger partial charge in [-0.3, -0.25) is 4.79 Å². The smallest absolute Gasteiger partial charge is 0.338 e. The van der Waals surface area contributed by atoms with Gasteiger partial charge < -0.3 is 76.2 Å². The summed E-state index contributed by atoms with van der Waals surface area (Å²) in [6.07, 6.45) is -21.1. The second-order valence-electron chi connectivity index (χ2n) is 26.0. The standard InChI is InChI=1S/C86H84O25/c1-3-4-5-6-7-8-9-34-51-97-84-73(101-55(2)87)70(111-86-75(110-83(96)63-49-32-17-33-50-63)72(108-81(94)61-45-28-15-29-46-61)69(106-79(92)59-41-24-13-25-42-59)66(104-86)54-99-77(90)57-37-20-11-21-38-57)67(88)64(102-84)52-100-85-74(109-82(95)62-47-30-16-31-48-62)71(107-80(93)60-43-26-14-27-44-60)68(105-78(91)58-39-22-12-23-40-58)65(103-85)53-98-76(89)56-35-18-10-19-36-56/h3,10-33,35-50,64-75,84-86,88H,1,4-9,34,51-54H2,2H3. The lowest BCUT2D eigenvalue weighted by molar-refractivity contribution is -0.365. The van der Waals surface area contributed by atoms with Crippen LogP contribution in [0, 0.1) is 0 Å². The van der Waals surface area contributed by atoms with Crippen molar-refractivity contribution in [1.82, 2.24) is 0 Å². The zero-order valence-corrected chi connectivity index (χ0v) is 60.6. The lowest BCUT2D eigenvalue weighted by atomic mass is 9.95. The van der Waals surface area contributed by atoms with Crippen molar-refractivity contribution in [2.75, 3.05) is 26.4 Å². The van der Waals surface area contributed by atoms with Crippen LogP contribution in [0.3, 0.4) is 0 Å². The molecule has 1 N–H and O–H groups in total. The number of carbonyl (C=O) groups is 9. The first-order valence-corrected chi connectivity index (χ1v) is 36.4. The first kappa shape index (κ1) is 80.5. The van der Waals surface area contributed by atoms with Gasteiger partial charge >= 0.3 is 53.7 Å². The van der Waals surface area contributed by atoms with E-state index in [0.717, 1.165) is 39.0 Å². The maximum absolute atomic E-state index is 14.8. The van der Waals surface area contributed by atoms with Gasteiger partial charge in [0.2, 0.25) is 0 Å². The molecule has 0 amide bonds. The molecule has 3 aliphatic heterocycles. The molecule has 0 aromatic heterocycles. The number of aliphatic hydroxyl groups is 1. The Morgan fingerprint density at radius 1 is 0.315 bits per heavy atom. The number of carbonyl (C=O) groups excluding carboxylic acids is 9. The monoisotopic (exact) mass is 1520 g/mol. The summed E-state index contributed by atoms with van der Waals surface area (Å²) in [6, 6.07) is 61.8. The van der Waals surface area contributed by atoms with Gasteiger partial charge in [-0.2, -0.15) is 0 Å². The summed E-state index contributed by atoms with van der Waals surface area (Å²) in [5.41, 5.74) is 0.164. The van der Waals surface area contributed by atoms with Gasteiger partial charge in [0.1, 0.15) is 43.7 Å². The Balaban J connectivity index is 1.01. The number of hydrogen-bond donors (Lipinski definition) is 1. The van der Waals surface area contributed by atoms with E-state index in [4.69, 9.17) is 71.1 Å². The molecule has 15 atom stereocenters. The van der Waals surface area contributed by atoms with E-state index in [1.54, 1.807) is 146 Å². The summed E-state index contributed by atoms with van der Waals surface area (Å²) < 4.78 is 96.1. The van der Waals surface area contributed by atoms with Crippen molar-refractivity contribution in [3.63, 3.8) is 0 Å². The summed E-state index contributed by atoms with van der Waals surface area (Å²) in [4.78, 5) is 129. The minimum atomic E-state index is -2.14. The van der Waals surface area contributed by atoms with Gasteiger partial charge in [-0.1, -0.05) is 177 Å². The molecule has 578 valence electrons. The highest BCUT2D eigenvalue weighted by molar-refractivity contribution is 5.94. The Hall–Kier alpha value is -11.6. The van der Waals surface area contributed by atoms with Gasteiger partial charge in [-0.15, -0.1) is 6.58 Å². The molecule has 11 rings (SSSR count). The molecular formula is C86H84O25. The first-order valence-electron chi connectivity index (χ1n) is 36.4. The average Bonchev–Trinajstić information content (AvgIpc) is 0.769. The van der Waals surface area contributed by atoms with E-state index >= 15 is 0 Å². The molecule has 15 unspecified atom stereocenters. The van der Waals surface area contributed by atoms with Crippen LogP contribution in [0.5, 0.6) is 0 Å². The van der Waals surface area contributed by atoms with Crippen LogP contribution in [0.1, 0.15) is 135 Å². The van der Waals surface area contributed by atoms with Crippen LogP contribution in [0.4, 0.5) is 0 Å². The van der Waals surface area contributed by atoms with Crippen molar-refractivity contribution in [2.24, 2.45) is 0 Å². The number of ether oxygens (including phenoxy) is 15. The number of esters is 9. The largest absolute Gasteiger partial charge is 0.459 e. The van der Waals surface area contributed by atoms with Gasteiger partial charge in [0.15, 0.2) is 61.6 Å². The summed E-state index contributed by atoms with van der Waals surface area (Å²) in [7, 11) is 0. The van der Waals surface area contributed by atoms with E-state index in [-0.39, 0.29) is 51.1 Å². The molecule has 111 heavy (non-hydrogen) atoms. The number of allylic oxidation sites excluding steroid dienone is 1. The van der Waals surface area contributed by atoms with Crippen LogP contribution in [0.2, 0.25) is 0 Å². The fourth-order valence-electron chi connectivity index (χ4n) is 12.6. The molecular weight excluding hydrogens is 1430 g/mol. The van der Waals surface area contributed by atoms with E-state index in [1.807, 2.05) is 6.08 Å². The molecule has 3 fully saturated rings. The highest BCUT2D eigenvalue weighted by Gasteiger charge is 2.59. The average molecular weight is 1520 g/mol. The van der Waals surface area contributed by atoms with Gasteiger partial charge in [0.05, 0.1) is 51.1 Å². The molecule has 8 aromatic rings. The van der Waals surface area contributed by atoms with Crippen molar-refractivity contribution in [2.45, 2.75) is 144 Å². The van der Waals surface area contributed by atoms with Crippen LogP contribution in [-0.2, 0) is 75.8 Å². The topological polar surface area (TPSA) is 312 Å². The number of hydrogen-bond acceptors (Lipinski definition) is 25. The minimum absolute atomic E-state index is 0.000571. The maximum atomic E-state index is 14.8. The van der Waals surface area contributed by atoms with Gasteiger partial charge in [0.25, 0.3) is 0 Å². The van der Waals surface area contributed by atoms with Crippen LogP contribution < -0.4 is 0 Å². The lowest BCUT2D eigenvalue weighted by Crippen LogP contribution is -2.67. The maximum Gasteiger partial charge on any atom is 0.338 e. The molecule has 25 nitrogen and oxygen atoms in total. The fraction of sp³-hybridized carbons (Fsp3) is 0.314. The van der Waals surface area contributed by atoms with E-state index in [0.29, 0.717) is 12.8 Å². The number of rotatable bonds is 34. The normalized spacial score (nSPS) is 23.4. The molecule has 0 bridgehead atoms. The van der Waals surface area contributed by atoms with E-state index in [1.165, 1.54) is 97.1 Å².